The number of likely N-dealkylation sites (tertiary alicyclic amines) is 1. The van der Waals surface area contributed by atoms with Crippen molar-refractivity contribution in [2.75, 3.05) is 33.2 Å². The fraction of sp³-hybridized carbons (Fsp3) is 0.625. The monoisotopic (exact) mass is 450 g/mol. The molecule has 5 nitrogen and oxygen atoms in total. The second-order valence-corrected chi connectivity index (χ2v) is 6.70. The fourth-order valence-electron chi connectivity index (χ4n) is 2.70. The summed E-state index contributed by atoms with van der Waals surface area (Å²) in [4.78, 5) is 19.3. The Kier molecular flexibility index (Phi) is 9.54. The normalized spacial score (nSPS) is 18.3. The number of nitrogens with one attached hydrogen (secondary N) is 2. The Hall–Kier alpha value is -0.830. The number of halogens is 1. The van der Waals surface area contributed by atoms with E-state index in [0.29, 0.717) is 6.54 Å². The number of aliphatic imine (C=N–C) groups is 1. The number of rotatable bonds is 5. The highest BCUT2D eigenvalue weighted by Gasteiger charge is 2.18. The molecular weight excluding hydrogens is 423 g/mol. The smallest absolute Gasteiger partial charge is 0.261 e. The van der Waals surface area contributed by atoms with Crippen LogP contribution in [0.5, 0.6) is 0 Å². The van der Waals surface area contributed by atoms with Gasteiger partial charge in [-0.3, -0.25) is 9.79 Å². The minimum absolute atomic E-state index is 0. The summed E-state index contributed by atoms with van der Waals surface area (Å²) in [6, 6.07) is 3.74. The van der Waals surface area contributed by atoms with Gasteiger partial charge in [-0.2, -0.15) is 0 Å². The molecule has 1 aliphatic rings. The largest absolute Gasteiger partial charge is 0.356 e. The van der Waals surface area contributed by atoms with Gasteiger partial charge in [-0.1, -0.05) is 13.0 Å². The first kappa shape index (κ1) is 20.2. The lowest BCUT2D eigenvalue weighted by Crippen LogP contribution is -2.46. The second kappa shape index (κ2) is 10.9. The first-order chi connectivity index (χ1) is 10.7. The number of nitrogens with zero attached hydrogens (tertiary/aromatic N) is 2. The Labute approximate surface area is 160 Å². The molecule has 0 aromatic carbocycles. The van der Waals surface area contributed by atoms with Gasteiger partial charge in [-0.25, -0.2) is 0 Å². The summed E-state index contributed by atoms with van der Waals surface area (Å²) in [6.07, 6.45) is 3.43. The van der Waals surface area contributed by atoms with E-state index in [1.807, 2.05) is 24.6 Å². The van der Waals surface area contributed by atoms with Crippen LogP contribution in [-0.2, 0) is 0 Å². The second-order valence-electron chi connectivity index (χ2n) is 5.75. The van der Waals surface area contributed by atoms with Crippen LogP contribution in [0.3, 0.4) is 0 Å². The zero-order chi connectivity index (χ0) is 15.8. The molecule has 2 heterocycles. The standard InChI is InChI=1S/C16H26N4OS.HI/c1-13-6-3-10-20(12-13)16(17-2)19-9-5-8-18-15(21)14-7-4-11-22-14;/h4,7,11,13H,3,5-6,8-10,12H2,1-2H3,(H,17,19)(H,18,21);1H. The van der Waals surface area contributed by atoms with Crippen LogP contribution in [0.4, 0.5) is 0 Å². The fourth-order valence-corrected chi connectivity index (χ4v) is 3.34. The first-order valence-corrected chi connectivity index (χ1v) is 8.86. The molecule has 0 saturated carbocycles. The molecule has 1 aromatic heterocycles. The number of piperidine rings is 1. The van der Waals surface area contributed by atoms with Crippen molar-refractivity contribution in [3.05, 3.63) is 22.4 Å². The summed E-state index contributed by atoms with van der Waals surface area (Å²) in [6.45, 7) is 5.95. The van der Waals surface area contributed by atoms with E-state index < -0.39 is 0 Å². The van der Waals surface area contributed by atoms with E-state index in [4.69, 9.17) is 0 Å². The van der Waals surface area contributed by atoms with Gasteiger partial charge in [0, 0.05) is 33.2 Å². The zero-order valence-corrected chi connectivity index (χ0v) is 17.0. The van der Waals surface area contributed by atoms with Crippen molar-refractivity contribution in [1.29, 1.82) is 0 Å². The Morgan fingerprint density at radius 1 is 1.43 bits per heavy atom. The molecule has 0 spiro atoms. The van der Waals surface area contributed by atoms with E-state index in [1.54, 1.807) is 0 Å². The summed E-state index contributed by atoms with van der Waals surface area (Å²) in [7, 11) is 1.83. The van der Waals surface area contributed by atoms with Crippen molar-refractivity contribution in [3.8, 4) is 0 Å². The van der Waals surface area contributed by atoms with E-state index in [9.17, 15) is 4.79 Å². The zero-order valence-electron chi connectivity index (χ0n) is 13.9. The van der Waals surface area contributed by atoms with Gasteiger partial charge in [0.15, 0.2) is 5.96 Å². The average molecular weight is 450 g/mol. The Morgan fingerprint density at radius 2 is 2.22 bits per heavy atom. The third-order valence-electron chi connectivity index (χ3n) is 3.84. The molecule has 7 heteroatoms. The van der Waals surface area contributed by atoms with Crippen molar-refractivity contribution in [2.24, 2.45) is 10.9 Å². The minimum Gasteiger partial charge on any atom is -0.356 e. The van der Waals surface area contributed by atoms with Crippen LogP contribution in [0.25, 0.3) is 0 Å². The summed E-state index contributed by atoms with van der Waals surface area (Å²) in [5, 5.41) is 8.25. The maximum absolute atomic E-state index is 11.8. The summed E-state index contributed by atoms with van der Waals surface area (Å²) < 4.78 is 0. The van der Waals surface area contributed by atoms with Crippen molar-refractivity contribution in [2.45, 2.75) is 26.2 Å². The van der Waals surface area contributed by atoms with E-state index >= 15 is 0 Å². The first-order valence-electron chi connectivity index (χ1n) is 7.98. The highest BCUT2D eigenvalue weighted by atomic mass is 127. The molecule has 1 atom stereocenters. The quantitative estimate of drug-likeness (QED) is 0.314. The molecule has 0 aliphatic carbocycles. The van der Waals surface area contributed by atoms with E-state index in [1.165, 1.54) is 24.2 Å². The van der Waals surface area contributed by atoms with Gasteiger partial charge in [0.25, 0.3) is 5.91 Å². The number of thiophene rings is 1. The van der Waals surface area contributed by atoms with Gasteiger partial charge in [-0.15, -0.1) is 35.3 Å². The topological polar surface area (TPSA) is 56.7 Å². The van der Waals surface area contributed by atoms with Crippen LogP contribution in [0.1, 0.15) is 35.9 Å². The van der Waals surface area contributed by atoms with E-state index in [2.05, 4.69) is 27.4 Å². The molecule has 2 N–H and O–H groups in total. The maximum atomic E-state index is 11.8. The molecule has 1 fully saturated rings. The Morgan fingerprint density at radius 3 is 2.87 bits per heavy atom. The highest BCUT2D eigenvalue weighted by Crippen LogP contribution is 2.15. The molecule has 130 valence electrons. The molecule has 23 heavy (non-hydrogen) atoms. The lowest BCUT2D eigenvalue weighted by Gasteiger charge is -2.33. The van der Waals surface area contributed by atoms with E-state index in [-0.39, 0.29) is 29.9 Å². The van der Waals surface area contributed by atoms with Gasteiger partial charge in [0.1, 0.15) is 0 Å². The lowest BCUT2D eigenvalue weighted by atomic mass is 10.0. The Balaban J connectivity index is 0.00000264. The van der Waals surface area contributed by atoms with Gasteiger partial charge in [0.05, 0.1) is 4.88 Å². The molecule has 0 radical (unpaired) electrons. The number of carbonyl (C=O) groups is 1. The van der Waals surface area contributed by atoms with Crippen molar-refractivity contribution in [3.63, 3.8) is 0 Å². The van der Waals surface area contributed by atoms with E-state index in [0.717, 1.165) is 42.8 Å². The number of amides is 1. The maximum Gasteiger partial charge on any atom is 0.261 e. The average Bonchev–Trinajstić information content (AvgIpc) is 3.05. The molecule has 1 saturated heterocycles. The molecular formula is C16H27IN4OS. The van der Waals surface area contributed by atoms with Crippen LogP contribution in [0.15, 0.2) is 22.5 Å². The van der Waals surface area contributed by atoms with Crippen LogP contribution in [0.2, 0.25) is 0 Å². The molecule has 0 bridgehead atoms. The molecule has 1 aromatic rings. The van der Waals surface area contributed by atoms with Crippen molar-refractivity contribution in [1.82, 2.24) is 15.5 Å². The number of carbonyl (C=O) groups excluding carboxylic acids is 1. The van der Waals surface area contributed by atoms with Gasteiger partial charge >= 0.3 is 0 Å². The van der Waals surface area contributed by atoms with Gasteiger partial charge in [-0.05, 0) is 36.6 Å². The van der Waals surface area contributed by atoms with Crippen LogP contribution < -0.4 is 10.6 Å². The predicted octanol–water partition coefficient (Wildman–Crippen LogP) is 2.79. The van der Waals surface area contributed by atoms with Crippen molar-refractivity contribution >= 4 is 47.2 Å². The van der Waals surface area contributed by atoms with Gasteiger partial charge in [0.2, 0.25) is 0 Å². The highest BCUT2D eigenvalue weighted by molar-refractivity contribution is 14.0. The molecule has 1 aliphatic heterocycles. The molecule has 1 amide bonds. The van der Waals surface area contributed by atoms with Crippen molar-refractivity contribution < 1.29 is 4.79 Å². The summed E-state index contributed by atoms with van der Waals surface area (Å²) in [5.41, 5.74) is 0. The molecule has 1 unspecified atom stereocenters. The Bertz CT molecular complexity index is 492. The lowest BCUT2D eigenvalue weighted by molar-refractivity contribution is 0.0957. The summed E-state index contributed by atoms with van der Waals surface area (Å²) >= 11 is 1.47. The number of guanidine groups is 1. The van der Waals surface area contributed by atoms with Crippen LogP contribution in [0, 0.1) is 5.92 Å². The third kappa shape index (κ3) is 6.66. The van der Waals surface area contributed by atoms with Crippen LogP contribution in [-0.4, -0.2) is 50.0 Å². The summed E-state index contributed by atoms with van der Waals surface area (Å²) in [5.74, 6) is 1.73. The predicted molar refractivity (Wildman–Crippen MR) is 108 cm³/mol. The molecule has 2 rings (SSSR count). The third-order valence-corrected chi connectivity index (χ3v) is 4.70. The minimum atomic E-state index is 0. The van der Waals surface area contributed by atoms with Gasteiger partial charge < -0.3 is 15.5 Å². The number of hydrogen-bond donors (Lipinski definition) is 2. The van der Waals surface area contributed by atoms with Crippen LogP contribution >= 0.6 is 35.3 Å². The SMILES string of the molecule is CN=C(NCCCNC(=O)c1cccs1)N1CCCC(C)C1.I. The number of hydrogen-bond acceptors (Lipinski definition) is 3.